The molecule has 0 atom stereocenters. The summed E-state index contributed by atoms with van der Waals surface area (Å²) in [6.45, 7) is 0.343. The van der Waals surface area contributed by atoms with Crippen LogP contribution >= 0.6 is 34.8 Å². The number of amides is 1. The number of benzene rings is 3. The van der Waals surface area contributed by atoms with Crippen molar-refractivity contribution in [2.24, 2.45) is 0 Å². The van der Waals surface area contributed by atoms with Crippen molar-refractivity contribution in [2.45, 2.75) is 12.6 Å². The lowest BCUT2D eigenvalue weighted by Crippen LogP contribution is -2.25. The van der Waals surface area contributed by atoms with Gasteiger partial charge in [0.25, 0.3) is 5.91 Å². The molecule has 3 aromatic carbocycles. The first kappa shape index (κ1) is 25.1. The van der Waals surface area contributed by atoms with Crippen LogP contribution in [-0.2, 0) is 12.6 Å². The zero-order valence-electron chi connectivity index (χ0n) is 17.9. The minimum Gasteiger partial charge on any atom is -0.352 e. The number of nitrogens with zero attached hydrogens (tertiary/aromatic N) is 2. The lowest BCUT2D eigenvalue weighted by molar-refractivity contribution is -0.141. The highest BCUT2D eigenvalue weighted by molar-refractivity contribution is 6.35. The number of aromatic nitrogens is 2. The van der Waals surface area contributed by atoms with Crippen LogP contribution in [0.15, 0.2) is 72.8 Å². The minimum absolute atomic E-state index is 0.190. The fourth-order valence-corrected chi connectivity index (χ4v) is 4.18. The van der Waals surface area contributed by atoms with E-state index in [0.29, 0.717) is 39.8 Å². The van der Waals surface area contributed by atoms with Crippen molar-refractivity contribution in [3.63, 3.8) is 0 Å². The largest absolute Gasteiger partial charge is 0.435 e. The predicted octanol–water partition coefficient (Wildman–Crippen LogP) is 7.49. The van der Waals surface area contributed by atoms with E-state index in [9.17, 15) is 18.0 Å². The van der Waals surface area contributed by atoms with Crippen molar-refractivity contribution in [1.29, 1.82) is 0 Å². The monoisotopic (exact) mass is 537 g/mol. The Morgan fingerprint density at radius 2 is 1.63 bits per heavy atom. The maximum absolute atomic E-state index is 13.4. The Hall–Kier alpha value is -3.00. The summed E-state index contributed by atoms with van der Waals surface area (Å²) in [5.74, 6) is -0.322. The summed E-state index contributed by atoms with van der Waals surface area (Å²) < 4.78 is 41.3. The smallest absolute Gasteiger partial charge is 0.352 e. The molecule has 4 nitrogen and oxygen atoms in total. The van der Waals surface area contributed by atoms with Crippen LogP contribution in [0.1, 0.15) is 21.6 Å². The van der Waals surface area contributed by atoms with Crippen LogP contribution in [0, 0.1) is 0 Å². The third-order valence-corrected chi connectivity index (χ3v) is 6.12. The van der Waals surface area contributed by atoms with E-state index in [-0.39, 0.29) is 16.6 Å². The van der Waals surface area contributed by atoms with Crippen molar-refractivity contribution in [1.82, 2.24) is 15.1 Å². The van der Waals surface area contributed by atoms with E-state index in [0.717, 1.165) is 16.3 Å². The van der Waals surface area contributed by atoms with Gasteiger partial charge in [-0.2, -0.15) is 18.3 Å². The Balaban J connectivity index is 1.53. The van der Waals surface area contributed by atoms with Crippen molar-refractivity contribution in [2.75, 3.05) is 6.54 Å². The summed E-state index contributed by atoms with van der Waals surface area (Å²) >= 11 is 18.3. The summed E-state index contributed by atoms with van der Waals surface area (Å²) in [6, 6.07) is 18.8. The Labute approximate surface area is 214 Å². The van der Waals surface area contributed by atoms with Crippen molar-refractivity contribution >= 4 is 40.7 Å². The molecule has 1 N–H and O–H groups in total. The molecule has 0 radical (unpaired) electrons. The molecule has 0 unspecified atom stereocenters. The summed E-state index contributed by atoms with van der Waals surface area (Å²) in [4.78, 5) is 12.5. The average molecular weight is 539 g/mol. The summed E-state index contributed by atoms with van der Waals surface area (Å²) in [5.41, 5.74) is 1.10. The molecule has 0 fully saturated rings. The standard InChI is InChI=1S/C25H17Cl3F3N3O/c26-18-10-9-15(20(28)13-18)11-12-32-24(35)17-7-5-16(6-8-17)22-14-23(25(29,30)31)33-34(22)21-4-2-1-3-19(21)27/h1-10,13-14H,11-12H2,(H,32,35). The van der Waals surface area contributed by atoms with Gasteiger partial charge in [-0.1, -0.05) is 65.1 Å². The molecule has 0 saturated heterocycles. The van der Waals surface area contributed by atoms with Crippen LogP contribution in [0.4, 0.5) is 13.2 Å². The molecule has 180 valence electrons. The van der Waals surface area contributed by atoms with Gasteiger partial charge < -0.3 is 5.32 Å². The van der Waals surface area contributed by atoms with E-state index in [1.54, 1.807) is 54.6 Å². The summed E-state index contributed by atoms with van der Waals surface area (Å²) in [6.07, 6.45) is -4.12. The quantitative estimate of drug-likeness (QED) is 0.276. The van der Waals surface area contributed by atoms with Crippen molar-refractivity contribution in [3.8, 4) is 16.9 Å². The zero-order chi connectivity index (χ0) is 25.2. The molecule has 0 bridgehead atoms. The van der Waals surface area contributed by atoms with Gasteiger partial charge in [0.1, 0.15) is 0 Å². The summed E-state index contributed by atoms with van der Waals surface area (Å²) in [5, 5.41) is 7.84. The van der Waals surface area contributed by atoms with Crippen LogP contribution in [0.2, 0.25) is 15.1 Å². The molecule has 4 aromatic rings. The lowest BCUT2D eigenvalue weighted by Gasteiger charge is -2.10. The van der Waals surface area contributed by atoms with Crippen LogP contribution in [0.25, 0.3) is 16.9 Å². The number of hydrogen-bond acceptors (Lipinski definition) is 2. The van der Waals surface area contributed by atoms with E-state index in [1.807, 2.05) is 0 Å². The molecular formula is C25H17Cl3F3N3O. The molecule has 35 heavy (non-hydrogen) atoms. The van der Waals surface area contributed by atoms with Gasteiger partial charge in [0.15, 0.2) is 5.69 Å². The van der Waals surface area contributed by atoms with Gasteiger partial charge in [0, 0.05) is 27.7 Å². The highest BCUT2D eigenvalue weighted by Crippen LogP contribution is 2.34. The van der Waals surface area contributed by atoms with Gasteiger partial charge in [-0.15, -0.1) is 0 Å². The van der Waals surface area contributed by atoms with Gasteiger partial charge >= 0.3 is 6.18 Å². The van der Waals surface area contributed by atoms with E-state index in [2.05, 4.69) is 10.4 Å². The normalized spacial score (nSPS) is 11.5. The molecule has 1 amide bonds. The fourth-order valence-electron chi connectivity index (χ4n) is 3.46. The lowest BCUT2D eigenvalue weighted by atomic mass is 10.1. The molecular weight excluding hydrogens is 522 g/mol. The fraction of sp³-hybridized carbons (Fsp3) is 0.120. The number of carbonyl (C=O) groups excluding carboxylic acids is 1. The van der Waals surface area contributed by atoms with Gasteiger partial charge in [-0.25, -0.2) is 4.68 Å². The Morgan fingerprint density at radius 3 is 2.29 bits per heavy atom. The first-order valence-electron chi connectivity index (χ1n) is 10.4. The first-order valence-corrected chi connectivity index (χ1v) is 11.5. The van der Waals surface area contributed by atoms with Crippen LogP contribution in [0.3, 0.4) is 0 Å². The van der Waals surface area contributed by atoms with E-state index < -0.39 is 11.9 Å². The van der Waals surface area contributed by atoms with E-state index in [4.69, 9.17) is 34.8 Å². The number of hydrogen-bond donors (Lipinski definition) is 1. The Kier molecular flexibility index (Phi) is 7.40. The van der Waals surface area contributed by atoms with Gasteiger partial charge in [-0.05, 0) is 54.4 Å². The number of carbonyl (C=O) groups is 1. The van der Waals surface area contributed by atoms with Gasteiger partial charge in [-0.3, -0.25) is 4.79 Å². The molecule has 10 heteroatoms. The third kappa shape index (κ3) is 5.81. The Morgan fingerprint density at radius 1 is 0.914 bits per heavy atom. The SMILES string of the molecule is O=C(NCCc1ccc(Cl)cc1Cl)c1ccc(-c2cc(C(F)(F)F)nn2-c2ccccc2Cl)cc1. The molecule has 1 heterocycles. The van der Waals surface area contributed by atoms with Gasteiger partial charge in [0.05, 0.1) is 16.4 Å². The van der Waals surface area contributed by atoms with Gasteiger partial charge in [0.2, 0.25) is 0 Å². The molecule has 0 aliphatic rings. The molecule has 0 aliphatic heterocycles. The molecule has 0 spiro atoms. The highest BCUT2D eigenvalue weighted by Gasteiger charge is 2.35. The van der Waals surface area contributed by atoms with E-state index in [1.165, 1.54) is 12.1 Å². The second kappa shape index (κ2) is 10.3. The second-order valence-corrected chi connectivity index (χ2v) is 8.85. The number of alkyl halides is 3. The molecule has 4 rings (SSSR count). The van der Waals surface area contributed by atoms with Crippen LogP contribution in [-0.4, -0.2) is 22.2 Å². The second-order valence-electron chi connectivity index (χ2n) is 7.59. The highest BCUT2D eigenvalue weighted by atomic mass is 35.5. The van der Waals surface area contributed by atoms with Crippen LogP contribution < -0.4 is 5.32 Å². The van der Waals surface area contributed by atoms with Crippen LogP contribution in [0.5, 0.6) is 0 Å². The molecule has 0 aliphatic carbocycles. The predicted molar refractivity (Wildman–Crippen MR) is 132 cm³/mol. The maximum Gasteiger partial charge on any atom is 0.435 e. The van der Waals surface area contributed by atoms with E-state index >= 15 is 0 Å². The maximum atomic E-state index is 13.4. The Bertz CT molecular complexity index is 1370. The average Bonchev–Trinajstić information content (AvgIpc) is 3.27. The minimum atomic E-state index is -4.63. The first-order chi connectivity index (χ1) is 16.6. The number of halogens is 6. The zero-order valence-corrected chi connectivity index (χ0v) is 20.2. The number of rotatable bonds is 6. The third-order valence-electron chi connectivity index (χ3n) is 5.22. The van der Waals surface area contributed by atoms with Crippen molar-refractivity contribution in [3.05, 3.63) is 105 Å². The number of para-hydroxylation sites is 1. The topological polar surface area (TPSA) is 46.9 Å². The summed E-state index contributed by atoms with van der Waals surface area (Å²) in [7, 11) is 0. The van der Waals surface area contributed by atoms with Crippen molar-refractivity contribution < 1.29 is 18.0 Å². The molecule has 1 aromatic heterocycles. The number of nitrogens with one attached hydrogen (secondary N) is 1. The molecule has 0 saturated carbocycles.